The molecule has 2 heterocycles. The van der Waals surface area contributed by atoms with E-state index in [-0.39, 0.29) is 5.56 Å². The molecular formula is C19H20N2O. The molecule has 0 spiro atoms. The molecule has 0 unspecified atom stereocenters. The summed E-state index contributed by atoms with van der Waals surface area (Å²) in [4.78, 5) is 17.7. The molecule has 0 amide bonds. The molecule has 0 aliphatic heterocycles. The van der Waals surface area contributed by atoms with Gasteiger partial charge in [-0.2, -0.15) is 0 Å². The van der Waals surface area contributed by atoms with Crippen LogP contribution in [0.15, 0.2) is 53.5 Å². The van der Waals surface area contributed by atoms with Crippen LogP contribution in [0.3, 0.4) is 0 Å². The Hall–Kier alpha value is -2.42. The van der Waals surface area contributed by atoms with Crippen molar-refractivity contribution in [2.45, 2.75) is 33.1 Å². The maximum absolute atomic E-state index is 13.0. The molecule has 0 atom stereocenters. The van der Waals surface area contributed by atoms with Gasteiger partial charge in [0.2, 0.25) is 0 Å². The van der Waals surface area contributed by atoms with E-state index in [1.54, 1.807) is 10.6 Å². The van der Waals surface area contributed by atoms with E-state index in [0.29, 0.717) is 0 Å². The topological polar surface area (TPSA) is 34.4 Å². The molecule has 3 heteroatoms. The van der Waals surface area contributed by atoms with Crippen LogP contribution in [0.25, 0.3) is 16.8 Å². The summed E-state index contributed by atoms with van der Waals surface area (Å²) in [5, 5.41) is 0. The SMILES string of the molecule is CCCCc1nc2ccccn2c(=O)c1-c1ccccc1C. The van der Waals surface area contributed by atoms with Crippen molar-refractivity contribution < 1.29 is 0 Å². The van der Waals surface area contributed by atoms with E-state index < -0.39 is 0 Å². The largest absolute Gasteiger partial charge is 0.268 e. The Morgan fingerprint density at radius 1 is 1.09 bits per heavy atom. The first-order valence-corrected chi connectivity index (χ1v) is 7.78. The van der Waals surface area contributed by atoms with Gasteiger partial charge in [0.15, 0.2) is 0 Å². The number of benzene rings is 1. The van der Waals surface area contributed by atoms with Crippen molar-refractivity contribution >= 4 is 5.65 Å². The summed E-state index contributed by atoms with van der Waals surface area (Å²) in [6, 6.07) is 13.7. The van der Waals surface area contributed by atoms with Crippen molar-refractivity contribution in [3.63, 3.8) is 0 Å². The maximum atomic E-state index is 13.0. The number of fused-ring (bicyclic) bond motifs is 1. The fourth-order valence-electron chi connectivity index (χ4n) is 2.78. The van der Waals surface area contributed by atoms with Gasteiger partial charge in [0.1, 0.15) is 5.65 Å². The van der Waals surface area contributed by atoms with Crippen LogP contribution in [0.5, 0.6) is 0 Å². The molecule has 0 fully saturated rings. The molecule has 0 aliphatic rings. The molecule has 0 radical (unpaired) electrons. The van der Waals surface area contributed by atoms with Gasteiger partial charge in [0, 0.05) is 6.20 Å². The van der Waals surface area contributed by atoms with Crippen LogP contribution >= 0.6 is 0 Å². The van der Waals surface area contributed by atoms with Crippen molar-refractivity contribution in [2.24, 2.45) is 0 Å². The van der Waals surface area contributed by atoms with E-state index in [9.17, 15) is 4.79 Å². The minimum absolute atomic E-state index is 0.0194. The summed E-state index contributed by atoms with van der Waals surface area (Å²) < 4.78 is 1.64. The Bertz CT molecular complexity index is 865. The zero-order chi connectivity index (χ0) is 15.5. The van der Waals surface area contributed by atoms with Gasteiger partial charge in [-0.1, -0.05) is 43.7 Å². The Balaban J connectivity index is 2.33. The lowest BCUT2D eigenvalue weighted by Crippen LogP contribution is -2.20. The molecule has 0 bridgehead atoms. The van der Waals surface area contributed by atoms with Crippen LogP contribution in [0.4, 0.5) is 0 Å². The first-order chi connectivity index (χ1) is 10.7. The van der Waals surface area contributed by atoms with E-state index in [4.69, 9.17) is 4.98 Å². The standard InChI is InChI=1S/C19H20N2O/c1-3-4-11-16-18(15-10-6-5-9-14(15)2)19(22)21-13-8-7-12-17(21)20-16/h5-10,12-13H,3-4,11H2,1-2H3. The molecule has 0 aliphatic carbocycles. The maximum Gasteiger partial charge on any atom is 0.266 e. The van der Waals surface area contributed by atoms with Crippen LogP contribution in [0.2, 0.25) is 0 Å². The molecule has 0 N–H and O–H groups in total. The van der Waals surface area contributed by atoms with Crippen LogP contribution in [-0.2, 0) is 6.42 Å². The van der Waals surface area contributed by atoms with Gasteiger partial charge in [0.25, 0.3) is 5.56 Å². The highest BCUT2D eigenvalue weighted by atomic mass is 16.1. The van der Waals surface area contributed by atoms with Gasteiger partial charge in [-0.05, 0) is 43.0 Å². The van der Waals surface area contributed by atoms with Gasteiger partial charge in [-0.25, -0.2) is 4.98 Å². The Kier molecular flexibility index (Phi) is 4.05. The third-order valence-electron chi connectivity index (χ3n) is 3.99. The molecule has 3 aromatic rings. The predicted octanol–water partition coefficient (Wildman–Crippen LogP) is 4.01. The summed E-state index contributed by atoms with van der Waals surface area (Å²) in [6.45, 7) is 4.19. The van der Waals surface area contributed by atoms with Gasteiger partial charge >= 0.3 is 0 Å². The van der Waals surface area contributed by atoms with Crippen LogP contribution in [-0.4, -0.2) is 9.38 Å². The minimum atomic E-state index is 0.0194. The Labute approximate surface area is 130 Å². The summed E-state index contributed by atoms with van der Waals surface area (Å²) in [5.74, 6) is 0. The number of unbranched alkanes of at least 4 members (excludes halogenated alkanes) is 1. The highest BCUT2D eigenvalue weighted by Gasteiger charge is 2.15. The molecule has 2 aromatic heterocycles. The zero-order valence-electron chi connectivity index (χ0n) is 13.0. The number of pyridine rings is 1. The monoisotopic (exact) mass is 292 g/mol. The van der Waals surface area contributed by atoms with Crippen LogP contribution < -0.4 is 5.56 Å². The average Bonchev–Trinajstić information content (AvgIpc) is 2.54. The number of hydrogen-bond donors (Lipinski definition) is 0. The van der Waals surface area contributed by atoms with Gasteiger partial charge in [-0.3, -0.25) is 9.20 Å². The van der Waals surface area contributed by atoms with E-state index >= 15 is 0 Å². The van der Waals surface area contributed by atoms with E-state index in [0.717, 1.165) is 47.3 Å². The van der Waals surface area contributed by atoms with Crippen LogP contribution in [0, 0.1) is 6.92 Å². The molecule has 0 saturated heterocycles. The Morgan fingerprint density at radius 2 is 1.86 bits per heavy atom. The number of aromatic nitrogens is 2. The fraction of sp³-hybridized carbons (Fsp3) is 0.263. The second-order valence-corrected chi connectivity index (χ2v) is 5.59. The predicted molar refractivity (Wildman–Crippen MR) is 90.2 cm³/mol. The van der Waals surface area contributed by atoms with Gasteiger partial charge < -0.3 is 0 Å². The van der Waals surface area contributed by atoms with E-state index in [1.807, 2.05) is 49.4 Å². The van der Waals surface area contributed by atoms with Gasteiger partial charge in [-0.15, -0.1) is 0 Å². The normalized spacial score (nSPS) is 11.0. The molecule has 22 heavy (non-hydrogen) atoms. The zero-order valence-corrected chi connectivity index (χ0v) is 13.0. The fourth-order valence-corrected chi connectivity index (χ4v) is 2.78. The average molecular weight is 292 g/mol. The second kappa shape index (κ2) is 6.14. The highest BCUT2D eigenvalue weighted by molar-refractivity contribution is 5.69. The molecule has 112 valence electrons. The minimum Gasteiger partial charge on any atom is -0.268 e. The first kappa shape index (κ1) is 14.5. The number of nitrogens with zero attached hydrogens (tertiary/aromatic N) is 2. The lowest BCUT2D eigenvalue weighted by Gasteiger charge is -2.12. The number of rotatable bonds is 4. The van der Waals surface area contributed by atoms with Crippen molar-refractivity contribution in [2.75, 3.05) is 0 Å². The smallest absolute Gasteiger partial charge is 0.266 e. The van der Waals surface area contributed by atoms with Crippen molar-refractivity contribution in [3.05, 3.63) is 70.3 Å². The molecule has 3 nitrogen and oxygen atoms in total. The highest BCUT2D eigenvalue weighted by Crippen LogP contribution is 2.24. The lowest BCUT2D eigenvalue weighted by atomic mass is 9.98. The summed E-state index contributed by atoms with van der Waals surface area (Å²) >= 11 is 0. The van der Waals surface area contributed by atoms with E-state index in [1.165, 1.54) is 0 Å². The third-order valence-corrected chi connectivity index (χ3v) is 3.99. The summed E-state index contributed by atoms with van der Waals surface area (Å²) in [6.07, 6.45) is 4.74. The summed E-state index contributed by atoms with van der Waals surface area (Å²) in [5.41, 5.74) is 4.49. The van der Waals surface area contributed by atoms with Crippen molar-refractivity contribution in [1.82, 2.24) is 9.38 Å². The molecule has 3 rings (SSSR count). The first-order valence-electron chi connectivity index (χ1n) is 7.78. The number of aryl methyl sites for hydroxylation is 2. The third kappa shape index (κ3) is 2.54. The second-order valence-electron chi connectivity index (χ2n) is 5.59. The Morgan fingerprint density at radius 3 is 2.64 bits per heavy atom. The molecular weight excluding hydrogens is 272 g/mol. The lowest BCUT2D eigenvalue weighted by molar-refractivity contribution is 0.774. The van der Waals surface area contributed by atoms with Gasteiger partial charge in [0.05, 0.1) is 11.3 Å². The van der Waals surface area contributed by atoms with Crippen LogP contribution in [0.1, 0.15) is 31.0 Å². The van der Waals surface area contributed by atoms with Crippen molar-refractivity contribution in [3.8, 4) is 11.1 Å². The number of hydrogen-bond acceptors (Lipinski definition) is 2. The van der Waals surface area contributed by atoms with Crippen molar-refractivity contribution in [1.29, 1.82) is 0 Å². The quantitative estimate of drug-likeness (QED) is 0.728. The molecule has 1 aromatic carbocycles. The van der Waals surface area contributed by atoms with E-state index in [2.05, 4.69) is 6.92 Å². The summed E-state index contributed by atoms with van der Waals surface area (Å²) in [7, 11) is 0. The molecule has 0 saturated carbocycles.